The SMILES string of the molecule is Cc1cc(C(C)(C)C)ccc1N1c2cc(C3c4ccc(C(C)(C)C)cc4C4(C)CC(C(C)(C)C)CCC34C)ccc2B2c3cc4c(cc3N(c3ccc(C(C)(C)C)cc3-c3ccccc3)c3cc(C(C)(C)C)cc1c32)C(C)(C)CCC4(C)C. The van der Waals surface area contributed by atoms with E-state index in [0.717, 1.165) is 12.8 Å². The first-order chi connectivity index (χ1) is 38.4. The number of fused-ring (bicyclic) bond motifs is 8. The summed E-state index contributed by atoms with van der Waals surface area (Å²) >= 11 is 0. The number of hydrogen-bond donors (Lipinski definition) is 0. The maximum absolute atomic E-state index is 2.76. The highest BCUT2D eigenvalue weighted by molar-refractivity contribution is 7.00. The van der Waals surface area contributed by atoms with Gasteiger partial charge in [-0.15, -0.1) is 0 Å². The molecule has 0 radical (unpaired) electrons. The lowest BCUT2D eigenvalue weighted by molar-refractivity contribution is 0.0198. The molecule has 5 aliphatic rings. The molecule has 3 aliphatic carbocycles. The Hall–Kier alpha value is -5.80. The molecule has 0 N–H and O–H groups in total. The smallest absolute Gasteiger partial charge is 0.252 e. The largest absolute Gasteiger partial charge is 0.311 e. The zero-order valence-corrected chi connectivity index (χ0v) is 55.3. The Morgan fingerprint density at radius 3 is 1.55 bits per heavy atom. The Kier molecular flexibility index (Phi) is 12.9. The molecule has 7 aromatic carbocycles. The quantitative estimate of drug-likeness (QED) is 0.162. The van der Waals surface area contributed by atoms with Gasteiger partial charge in [-0.1, -0.05) is 230 Å². The average molecular weight is 1100 g/mol. The maximum Gasteiger partial charge on any atom is 0.252 e. The van der Waals surface area contributed by atoms with Gasteiger partial charge >= 0.3 is 0 Å². The summed E-state index contributed by atoms with van der Waals surface area (Å²) in [6, 6.07) is 52.4. The second-order valence-electron chi connectivity index (χ2n) is 34.0. The molecule has 4 atom stereocenters. The fraction of sp³-hybridized carbons (Fsp3) is 0.475. The van der Waals surface area contributed by atoms with Crippen LogP contribution in [0.5, 0.6) is 0 Å². The van der Waals surface area contributed by atoms with Gasteiger partial charge in [0.05, 0.1) is 5.69 Å². The molecule has 3 heteroatoms. The van der Waals surface area contributed by atoms with Gasteiger partial charge in [-0.3, -0.25) is 0 Å². The van der Waals surface area contributed by atoms with E-state index < -0.39 is 0 Å². The zero-order chi connectivity index (χ0) is 59.9. The van der Waals surface area contributed by atoms with E-state index in [1.54, 1.807) is 11.1 Å². The lowest BCUT2D eigenvalue weighted by atomic mass is 9.33. The van der Waals surface area contributed by atoms with Crippen molar-refractivity contribution in [3.05, 3.63) is 183 Å². The number of anilines is 6. The molecular formula is C80H99BN2. The minimum absolute atomic E-state index is 0.00811. The predicted molar refractivity (Wildman–Crippen MR) is 361 cm³/mol. The first-order valence-electron chi connectivity index (χ1n) is 32.0. The minimum atomic E-state index is -0.156. The van der Waals surface area contributed by atoms with Gasteiger partial charge in [0.1, 0.15) is 0 Å². The fourth-order valence-electron chi connectivity index (χ4n) is 16.5. The molecule has 0 bridgehead atoms. The van der Waals surface area contributed by atoms with Crippen LogP contribution < -0.4 is 26.2 Å². The third-order valence-electron chi connectivity index (χ3n) is 22.4. The lowest BCUT2D eigenvalue weighted by Gasteiger charge is -2.54. The van der Waals surface area contributed by atoms with Crippen molar-refractivity contribution < 1.29 is 0 Å². The van der Waals surface area contributed by atoms with Crippen molar-refractivity contribution in [2.45, 2.75) is 228 Å². The van der Waals surface area contributed by atoms with E-state index >= 15 is 0 Å². The third-order valence-corrected chi connectivity index (χ3v) is 22.4. The highest BCUT2D eigenvalue weighted by atomic mass is 15.2. The summed E-state index contributed by atoms with van der Waals surface area (Å²) in [7, 11) is 0. The molecule has 432 valence electrons. The summed E-state index contributed by atoms with van der Waals surface area (Å²) < 4.78 is 0. The van der Waals surface area contributed by atoms with E-state index in [0.29, 0.717) is 5.92 Å². The van der Waals surface area contributed by atoms with E-state index in [9.17, 15) is 0 Å². The molecule has 0 amide bonds. The molecule has 12 rings (SSSR count). The summed E-state index contributed by atoms with van der Waals surface area (Å²) in [6.07, 6.45) is 5.99. The minimum Gasteiger partial charge on any atom is -0.311 e. The first-order valence-corrected chi connectivity index (χ1v) is 32.0. The van der Waals surface area contributed by atoms with Crippen LogP contribution in [0.15, 0.2) is 127 Å². The Morgan fingerprint density at radius 2 is 0.976 bits per heavy atom. The van der Waals surface area contributed by atoms with E-state index in [2.05, 4.69) is 290 Å². The van der Waals surface area contributed by atoms with Crippen LogP contribution in [0.25, 0.3) is 11.1 Å². The van der Waals surface area contributed by atoms with Crippen molar-refractivity contribution in [3.8, 4) is 11.1 Å². The van der Waals surface area contributed by atoms with Crippen molar-refractivity contribution in [2.75, 3.05) is 9.80 Å². The topological polar surface area (TPSA) is 6.48 Å². The summed E-state index contributed by atoms with van der Waals surface area (Å²) in [4.78, 5) is 5.51. The molecule has 0 saturated heterocycles. The van der Waals surface area contributed by atoms with E-state index in [1.165, 1.54) is 125 Å². The van der Waals surface area contributed by atoms with Crippen LogP contribution in [0.2, 0.25) is 0 Å². The molecule has 1 saturated carbocycles. The first kappa shape index (κ1) is 57.6. The molecule has 7 aromatic rings. The van der Waals surface area contributed by atoms with Gasteiger partial charge in [-0.05, 0) is 214 Å². The van der Waals surface area contributed by atoms with Crippen LogP contribution in [0.4, 0.5) is 34.1 Å². The number of rotatable bonds is 4. The van der Waals surface area contributed by atoms with Gasteiger partial charge in [-0.2, -0.15) is 0 Å². The van der Waals surface area contributed by atoms with Crippen LogP contribution in [0.3, 0.4) is 0 Å². The van der Waals surface area contributed by atoms with Crippen LogP contribution in [-0.2, 0) is 37.9 Å². The summed E-state index contributed by atoms with van der Waals surface area (Å²) in [5, 5.41) is 0. The standard InChI is InChI=1S/C80H99BN2/c1-49-40-52(72(2,3)4)30-34-64(49)82-66-41-51(70-57-32-29-54(74(8,9)10)43-59(57)80(22)48-55(75(11,12)13)36-37-79(70,80)21)28-33-62(66)81-63-46-60-61(78(19,20)39-38-77(60,17)18)47-67(63)83(69-45-56(76(14,15)16)44-68(82)71(69)81)65-35-31-53(73(5,6)7)42-58(65)50-26-24-23-25-27-50/h23-35,40-47,55,70H,36-39,48H2,1-22H3. The van der Waals surface area contributed by atoms with Gasteiger partial charge in [0.25, 0.3) is 6.71 Å². The van der Waals surface area contributed by atoms with Crippen molar-refractivity contribution in [3.63, 3.8) is 0 Å². The molecule has 1 fully saturated rings. The van der Waals surface area contributed by atoms with Gasteiger partial charge in [0, 0.05) is 39.9 Å². The number of nitrogens with zero attached hydrogens (tertiary/aromatic N) is 2. The van der Waals surface area contributed by atoms with Crippen molar-refractivity contribution in [2.24, 2.45) is 16.7 Å². The highest BCUT2D eigenvalue weighted by Crippen LogP contribution is 2.69. The van der Waals surface area contributed by atoms with Crippen LogP contribution in [-0.4, -0.2) is 6.71 Å². The van der Waals surface area contributed by atoms with Crippen molar-refractivity contribution in [1.29, 1.82) is 0 Å². The zero-order valence-electron chi connectivity index (χ0n) is 55.3. The summed E-state index contributed by atoms with van der Waals surface area (Å²) in [5.74, 6) is 0.891. The Bertz CT molecular complexity index is 3760. The second kappa shape index (κ2) is 18.6. The van der Waals surface area contributed by atoms with Gasteiger partial charge in [0.15, 0.2) is 0 Å². The summed E-state index contributed by atoms with van der Waals surface area (Å²) in [6.45, 7) is 53.9. The highest BCUT2D eigenvalue weighted by Gasteiger charge is 2.61. The molecule has 83 heavy (non-hydrogen) atoms. The van der Waals surface area contributed by atoms with Crippen molar-refractivity contribution in [1.82, 2.24) is 0 Å². The number of aryl methyl sites for hydroxylation is 1. The van der Waals surface area contributed by atoms with E-state index in [4.69, 9.17) is 0 Å². The van der Waals surface area contributed by atoms with Gasteiger partial charge in [0.2, 0.25) is 0 Å². The van der Waals surface area contributed by atoms with E-state index in [-0.39, 0.29) is 61.4 Å². The summed E-state index contributed by atoms with van der Waals surface area (Å²) in [5.41, 5.74) is 29.0. The fourth-order valence-corrected chi connectivity index (χ4v) is 16.5. The lowest BCUT2D eigenvalue weighted by Crippen LogP contribution is -2.62. The monoisotopic (exact) mass is 1100 g/mol. The molecule has 2 aliphatic heterocycles. The van der Waals surface area contributed by atoms with Crippen LogP contribution in [0, 0.1) is 23.7 Å². The normalized spacial score (nSPS) is 22.6. The Balaban J connectivity index is 1.20. The van der Waals surface area contributed by atoms with Crippen LogP contribution in [0.1, 0.15) is 239 Å². The molecule has 2 heterocycles. The van der Waals surface area contributed by atoms with Gasteiger partial charge < -0.3 is 9.80 Å². The van der Waals surface area contributed by atoms with Crippen LogP contribution >= 0.6 is 0 Å². The maximum atomic E-state index is 2.76. The average Bonchev–Trinajstić information content (AvgIpc) is 1.72. The predicted octanol–water partition coefficient (Wildman–Crippen LogP) is 20.5. The van der Waals surface area contributed by atoms with E-state index in [1.807, 2.05) is 0 Å². The molecule has 2 nitrogen and oxygen atoms in total. The third kappa shape index (κ3) is 9.06. The van der Waals surface area contributed by atoms with Crippen molar-refractivity contribution >= 4 is 57.2 Å². The molecule has 0 spiro atoms. The number of benzene rings is 7. The number of hydrogen-bond acceptors (Lipinski definition) is 2. The second-order valence-corrected chi connectivity index (χ2v) is 34.0. The Labute approximate surface area is 503 Å². The molecule has 4 unspecified atom stereocenters. The molecule has 0 aromatic heterocycles. The molecular weight excluding hydrogens is 1000 g/mol. The van der Waals surface area contributed by atoms with Gasteiger partial charge in [-0.25, -0.2) is 0 Å². The Morgan fingerprint density at radius 1 is 0.446 bits per heavy atom.